The van der Waals surface area contributed by atoms with Crippen molar-refractivity contribution in [3.8, 4) is 0 Å². The molecule has 1 N–H and O–H groups in total. The summed E-state index contributed by atoms with van der Waals surface area (Å²) in [4.78, 5) is 18.6. The van der Waals surface area contributed by atoms with Crippen molar-refractivity contribution in [1.29, 1.82) is 0 Å². The summed E-state index contributed by atoms with van der Waals surface area (Å²) >= 11 is 0. The van der Waals surface area contributed by atoms with Gasteiger partial charge in [0.15, 0.2) is 0 Å². The first-order valence-corrected chi connectivity index (χ1v) is 8.91. The van der Waals surface area contributed by atoms with Gasteiger partial charge in [-0.2, -0.15) is 5.10 Å². The van der Waals surface area contributed by atoms with Gasteiger partial charge in [0.25, 0.3) is 0 Å². The summed E-state index contributed by atoms with van der Waals surface area (Å²) in [6, 6.07) is 10.4. The minimum atomic E-state index is 0.0781. The summed E-state index contributed by atoms with van der Waals surface area (Å²) < 4.78 is 1.79. The Morgan fingerprint density at radius 3 is 2.88 bits per heavy atom. The van der Waals surface area contributed by atoms with Gasteiger partial charge in [-0.05, 0) is 11.6 Å². The molecule has 2 atom stereocenters. The van der Waals surface area contributed by atoms with Crippen LogP contribution in [-0.2, 0) is 18.4 Å². The van der Waals surface area contributed by atoms with Crippen molar-refractivity contribution in [2.75, 3.05) is 13.6 Å². The number of rotatable bonds is 5. The van der Waals surface area contributed by atoms with Crippen LogP contribution in [0.1, 0.15) is 23.6 Å². The molecule has 6 nitrogen and oxygen atoms in total. The molecular formula is C20H23N5O. The minimum Gasteiger partial charge on any atom is -0.338 e. The lowest BCUT2D eigenvalue weighted by Gasteiger charge is -2.24. The number of aryl methyl sites for hydroxylation is 1. The van der Waals surface area contributed by atoms with E-state index in [1.165, 1.54) is 5.56 Å². The maximum Gasteiger partial charge on any atom is 0.223 e. The summed E-state index contributed by atoms with van der Waals surface area (Å²) in [6.07, 6.45) is 6.26. The molecule has 1 saturated heterocycles. The standard InChI is InChI=1S/C20H23N5O/c1-24-13-17(12-23-24)20-16(9-18(26)25(20)2)11-21-10-15-6-3-5-14-7-4-8-22-19(14)15/h3-8,12-13,16,20-21H,9-11H2,1-2H3/t16-,20+/m0/s1. The number of hydrogen-bond donors (Lipinski definition) is 1. The Morgan fingerprint density at radius 2 is 2.08 bits per heavy atom. The van der Waals surface area contributed by atoms with Crippen LogP contribution in [0.4, 0.5) is 0 Å². The summed E-state index contributed by atoms with van der Waals surface area (Å²) in [5, 5.41) is 8.95. The molecule has 0 unspecified atom stereocenters. The second kappa shape index (κ2) is 6.88. The Bertz CT molecular complexity index is 929. The zero-order valence-corrected chi connectivity index (χ0v) is 15.1. The highest BCUT2D eigenvalue weighted by Crippen LogP contribution is 2.36. The van der Waals surface area contributed by atoms with Gasteiger partial charge < -0.3 is 10.2 Å². The number of carbonyl (C=O) groups excluding carboxylic acids is 1. The van der Waals surface area contributed by atoms with E-state index in [1.54, 1.807) is 4.68 Å². The van der Waals surface area contributed by atoms with Crippen molar-refractivity contribution in [3.05, 3.63) is 60.0 Å². The van der Waals surface area contributed by atoms with Crippen LogP contribution in [-0.4, -0.2) is 39.2 Å². The lowest BCUT2D eigenvalue weighted by Crippen LogP contribution is -2.29. The third-order valence-corrected chi connectivity index (χ3v) is 5.20. The normalized spacial score (nSPS) is 20.2. The van der Waals surface area contributed by atoms with E-state index in [0.29, 0.717) is 6.42 Å². The topological polar surface area (TPSA) is 63.1 Å². The molecule has 1 aliphatic rings. The Morgan fingerprint density at radius 1 is 1.23 bits per heavy atom. The van der Waals surface area contributed by atoms with Crippen molar-refractivity contribution >= 4 is 16.8 Å². The van der Waals surface area contributed by atoms with Crippen LogP contribution in [0.5, 0.6) is 0 Å². The largest absolute Gasteiger partial charge is 0.338 e. The fourth-order valence-corrected chi connectivity index (χ4v) is 3.93. The molecule has 1 amide bonds. The van der Waals surface area contributed by atoms with Crippen molar-refractivity contribution in [1.82, 2.24) is 25.0 Å². The second-order valence-electron chi connectivity index (χ2n) is 6.98. The van der Waals surface area contributed by atoms with E-state index < -0.39 is 0 Å². The number of pyridine rings is 1. The van der Waals surface area contributed by atoms with Gasteiger partial charge in [-0.25, -0.2) is 0 Å². The summed E-state index contributed by atoms with van der Waals surface area (Å²) in [5.41, 5.74) is 3.31. The zero-order valence-electron chi connectivity index (χ0n) is 15.1. The van der Waals surface area contributed by atoms with Gasteiger partial charge in [0.2, 0.25) is 5.91 Å². The average molecular weight is 349 g/mol. The molecule has 1 aliphatic heterocycles. The van der Waals surface area contributed by atoms with Crippen LogP contribution in [0, 0.1) is 5.92 Å². The molecule has 1 aromatic carbocycles. The fourth-order valence-electron chi connectivity index (χ4n) is 3.93. The molecule has 0 spiro atoms. The average Bonchev–Trinajstić information content (AvgIpc) is 3.18. The summed E-state index contributed by atoms with van der Waals surface area (Å²) in [5.74, 6) is 0.428. The summed E-state index contributed by atoms with van der Waals surface area (Å²) in [6.45, 7) is 1.52. The molecule has 134 valence electrons. The second-order valence-corrected chi connectivity index (χ2v) is 6.98. The third-order valence-electron chi connectivity index (χ3n) is 5.20. The van der Waals surface area contributed by atoms with Crippen LogP contribution >= 0.6 is 0 Å². The highest BCUT2D eigenvalue weighted by Gasteiger charge is 2.38. The zero-order chi connectivity index (χ0) is 18.1. The molecule has 0 radical (unpaired) electrons. The van der Waals surface area contributed by atoms with E-state index in [9.17, 15) is 4.79 Å². The smallest absolute Gasteiger partial charge is 0.223 e. The molecule has 6 heteroatoms. The van der Waals surface area contributed by atoms with Gasteiger partial charge >= 0.3 is 0 Å². The number of para-hydroxylation sites is 1. The van der Waals surface area contributed by atoms with Gasteiger partial charge in [-0.1, -0.05) is 24.3 Å². The quantitative estimate of drug-likeness (QED) is 0.768. The molecule has 3 heterocycles. The molecular weight excluding hydrogens is 326 g/mol. The van der Waals surface area contributed by atoms with E-state index in [2.05, 4.69) is 39.7 Å². The first kappa shape index (κ1) is 16.7. The molecule has 0 bridgehead atoms. The van der Waals surface area contributed by atoms with Crippen LogP contribution in [0.3, 0.4) is 0 Å². The SMILES string of the molecule is CN1C(=O)C[C@@H](CNCc2cccc3cccnc23)[C@@H]1c1cnn(C)c1. The highest BCUT2D eigenvalue weighted by atomic mass is 16.2. The highest BCUT2D eigenvalue weighted by molar-refractivity contribution is 5.81. The first-order chi connectivity index (χ1) is 12.6. The predicted octanol–water partition coefficient (Wildman–Crippen LogP) is 2.28. The molecule has 4 rings (SSSR count). The monoisotopic (exact) mass is 349 g/mol. The Balaban J connectivity index is 1.47. The van der Waals surface area contributed by atoms with E-state index in [1.807, 2.05) is 43.7 Å². The van der Waals surface area contributed by atoms with E-state index in [4.69, 9.17) is 0 Å². The molecule has 0 aliphatic carbocycles. The maximum atomic E-state index is 12.2. The molecule has 26 heavy (non-hydrogen) atoms. The molecule has 3 aromatic rings. The van der Waals surface area contributed by atoms with Gasteiger partial charge in [-0.3, -0.25) is 14.5 Å². The summed E-state index contributed by atoms with van der Waals surface area (Å²) in [7, 11) is 3.79. The number of nitrogens with one attached hydrogen (secondary N) is 1. The van der Waals surface area contributed by atoms with Crippen LogP contribution in [0.15, 0.2) is 48.9 Å². The number of hydrogen-bond acceptors (Lipinski definition) is 4. The van der Waals surface area contributed by atoms with E-state index in [-0.39, 0.29) is 17.9 Å². The number of aromatic nitrogens is 3. The Labute approximate surface area is 152 Å². The third kappa shape index (κ3) is 3.08. The lowest BCUT2D eigenvalue weighted by atomic mass is 9.95. The Kier molecular flexibility index (Phi) is 4.42. The number of carbonyl (C=O) groups is 1. The van der Waals surface area contributed by atoms with Crippen LogP contribution < -0.4 is 5.32 Å². The molecule has 2 aromatic heterocycles. The van der Waals surface area contributed by atoms with Gasteiger partial charge in [0.05, 0.1) is 17.8 Å². The number of fused-ring (bicyclic) bond motifs is 1. The van der Waals surface area contributed by atoms with Crippen molar-refractivity contribution in [3.63, 3.8) is 0 Å². The lowest BCUT2D eigenvalue weighted by molar-refractivity contribution is -0.127. The fraction of sp³-hybridized carbons (Fsp3) is 0.350. The predicted molar refractivity (Wildman–Crippen MR) is 100 cm³/mol. The maximum absolute atomic E-state index is 12.2. The minimum absolute atomic E-state index is 0.0781. The van der Waals surface area contributed by atoms with Gasteiger partial charge in [0, 0.05) is 62.9 Å². The van der Waals surface area contributed by atoms with Gasteiger partial charge in [0.1, 0.15) is 0 Å². The van der Waals surface area contributed by atoms with E-state index >= 15 is 0 Å². The Hall–Kier alpha value is -2.73. The number of likely N-dealkylation sites (tertiary alicyclic amines) is 1. The molecule has 0 saturated carbocycles. The molecule has 1 fully saturated rings. The number of nitrogens with zero attached hydrogens (tertiary/aromatic N) is 4. The van der Waals surface area contributed by atoms with E-state index in [0.717, 1.165) is 29.6 Å². The van der Waals surface area contributed by atoms with Gasteiger partial charge in [-0.15, -0.1) is 0 Å². The van der Waals surface area contributed by atoms with Crippen molar-refractivity contribution in [2.24, 2.45) is 13.0 Å². The number of benzene rings is 1. The van der Waals surface area contributed by atoms with Crippen LogP contribution in [0.25, 0.3) is 10.9 Å². The first-order valence-electron chi connectivity index (χ1n) is 8.91. The van der Waals surface area contributed by atoms with Crippen molar-refractivity contribution in [2.45, 2.75) is 19.0 Å². The van der Waals surface area contributed by atoms with Crippen molar-refractivity contribution < 1.29 is 4.79 Å². The number of amides is 1. The van der Waals surface area contributed by atoms with Crippen LogP contribution in [0.2, 0.25) is 0 Å².